The Balaban J connectivity index is 1.25. The largest absolute Gasteiger partial charge is 0.497 e. The summed E-state index contributed by atoms with van der Waals surface area (Å²) in [6.07, 6.45) is 6.94. The fraction of sp³-hybridized carbons (Fsp3) is 0.348. The fourth-order valence-electron chi connectivity index (χ4n) is 4.45. The number of rotatable bonds is 6. The summed E-state index contributed by atoms with van der Waals surface area (Å²) in [5, 5.41) is 12.8. The molecule has 3 heterocycles. The molecule has 154 valence electrons. The van der Waals surface area contributed by atoms with Crippen LogP contribution in [0.2, 0.25) is 0 Å². The van der Waals surface area contributed by atoms with Crippen LogP contribution in [0.3, 0.4) is 0 Å². The molecule has 1 aliphatic carbocycles. The van der Waals surface area contributed by atoms with Crippen LogP contribution in [0.15, 0.2) is 42.6 Å². The van der Waals surface area contributed by atoms with Crippen LogP contribution >= 0.6 is 0 Å². The molecule has 4 aromatic rings. The Morgan fingerprint density at radius 1 is 1.30 bits per heavy atom. The predicted octanol–water partition coefficient (Wildman–Crippen LogP) is 3.74. The van der Waals surface area contributed by atoms with Gasteiger partial charge in [0.25, 0.3) is 0 Å². The molecule has 7 nitrogen and oxygen atoms in total. The summed E-state index contributed by atoms with van der Waals surface area (Å²) in [5.74, 6) is 1.83. The number of aromatic nitrogens is 4. The van der Waals surface area contributed by atoms with E-state index in [1.54, 1.807) is 7.11 Å². The van der Waals surface area contributed by atoms with E-state index in [2.05, 4.69) is 26.6 Å². The fourth-order valence-corrected chi connectivity index (χ4v) is 4.45. The molecular weight excluding hydrogens is 378 g/mol. The molecule has 0 aliphatic heterocycles. The van der Waals surface area contributed by atoms with Crippen LogP contribution in [0.1, 0.15) is 48.8 Å². The first-order chi connectivity index (χ1) is 14.7. The molecule has 2 N–H and O–H groups in total. The average molecular weight is 403 g/mol. The van der Waals surface area contributed by atoms with E-state index in [4.69, 9.17) is 4.74 Å². The van der Waals surface area contributed by atoms with Crippen molar-refractivity contribution in [1.29, 1.82) is 0 Å². The lowest BCUT2D eigenvalue weighted by molar-refractivity contribution is -0.122. The normalized spacial score (nSPS) is 16.0. The number of aromatic amines is 1. The monoisotopic (exact) mass is 403 g/mol. The molecule has 1 atom stereocenters. The number of hydrogen-bond donors (Lipinski definition) is 2. The molecule has 1 aliphatic rings. The Kier molecular flexibility index (Phi) is 4.86. The van der Waals surface area contributed by atoms with Crippen molar-refractivity contribution in [2.45, 2.75) is 44.6 Å². The lowest BCUT2D eigenvalue weighted by Gasteiger charge is -2.24. The number of carbonyl (C=O) groups excluding carboxylic acids is 1. The highest BCUT2D eigenvalue weighted by Gasteiger charge is 2.25. The van der Waals surface area contributed by atoms with Gasteiger partial charge in [0.05, 0.1) is 13.2 Å². The van der Waals surface area contributed by atoms with E-state index in [1.165, 1.54) is 10.9 Å². The minimum Gasteiger partial charge on any atom is -0.497 e. The number of benzene rings is 1. The summed E-state index contributed by atoms with van der Waals surface area (Å²) < 4.78 is 7.36. The molecule has 0 fully saturated rings. The molecule has 1 amide bonds. The lowest BCUT2D eigenvalue weighted by Crippen LogP contribution is -2.30. The minimum atomic E-state index is 0.0357. The third kappa shape index (κ3) is 3.40. The minimum absolute atomic E-state index is 0.0357. The van der Waals surface area contributed by atoms with E-state index >= 15 is 0 Å². The number of nitrogens with zero attached hydrogens (tertiary/aromatic N) is 3. The second kappa shape index (κ2) is 7.82. The summed E-state index contributed by atoms with van der Waals surface area (Å²) >= 11 is 0. The zero-order chi connectivity index (χ0) is 20.5. The third-order valence-electron chi connectivity index (χ3n) is 5.94. The van der Waals surface area contributed by atoms with Crippen LogP contribution in [0.4, 0.5) is 0 Å². The van der Waals surface area contributed by atoms with E-state index in [-0.39, 0.29) is 11.9 Å². The number of nitrogens with one attached hydrogen (secondary N) is 2. The van der Waals surface area contributed by atoms with Crippen molar-refractivity contribution >= 4 is 22.5 Å². The zero-order valence-corrected chi connectivity index (χ0v) is 17.0. The van der Waals surface area contributed by atoms with Crippen LogP contribution in [0.5, 0.6) is 5.75 Å². The van der Waals surface area contributed by atoms with Crippen molar-refractivity contribution in [2.75, 3.05) is 7.11 Å². The van der Waals surface area contributed by atoms with Crippen LogP contribution in [-0.4, -0.2) is 32.6 Å². The van der Waals surface area contributed by atoms with Crippen molar-refractivity contribution in [3.05, 3.63) is 59.7 Å². The quantitative estimate of drug-likeness (QED) is 0.514. The van der Waals surface area contributed by atoms with E-state index in [1.807, 2.05) is 40.9 Å². The maximum Gasteiger partial charge on any atom is 0.220 e. The summed E-state index contributed by atoms with van der Waals surface area (Å²) in [5.41, 5.74) is 4.37. The van der Waals surface area contributed by atoms with Gasteiger partial charge in [0.15, 0.2) is 5.65 Å². The second-order valence-electron chi connectivity index (χ2n) is 7.84. The number of H-pyrrole nitrogens is 1. The highest BCUT2D eigenvalue weighted by Crippen LogP contribution is 2.36. The highest BCUT2D eigenvalue weighted by molar-refractivity contribution is 5.87. The average Bonchev–Trinajstić information content (AvgIpc) is 3.35. The standard InChI is InChI=1S/C23H25N5O2/c1-30-15-11-12-18-17(14-15)16-6-4-7-19(23(16)25-18)24-22(29)10-5-9-21-27-26-20-8-2-3-13-28(20)21/h2-3,8,11-14,19,25H,4-7,9-10H2,1H3,(H,24,29). The van der Waals surface area contributed by atoms with Gasteiger partial charge in [-0.3, -0.25) is 9.20 Å². The van der Waals surface area contributed by atoms with Crippen molar-refractivity contribution < 1.29 is 9.53 Å². The Morgan fingerprint density at radius 2 is 2.23 bits per heavy atom. The zero-order valence-electron chi connectivity index (χ0n) is 17.0. The molecule has 3 aromatic heterocycles. The number of aryl methyl sites for hydroxylation is 2. The third-order valence-corrected chi connectivity index (χ3v) is 5.94. The lowest BCUT2D eigenvalue weighted by atomic mass is 9.91. The first-order valence-electron chi connectivity index (χ1n) is 10.5. The SMILES string of the molecule is COc1ccc2[nH]c3c(c2c1)CCCC3NC(=O)CCCc1nnc2ccccn12. The summed E-state index contributed by atoms with van der Waals surface area (Å²) in [4.78, 5) is 16.2. The molecule has 5 rings (SSSR count). The Morgan fingerprint density at radius 3 is 3.13 bits per heavy atom. The smallest absolute Gasteiger partial charge is 0.220 e. The van der Waals surface area contributed by atoms with Crippen LogP contribution in [-0.2, 0) is 17.6 Å². The van der Waals surface area contributed by atoms with Gasteiger partial charge in [-0.05, 0) is 61.6 Å². The molecule has 30 heavy (non-hydrogen) atoms. The first-order valence-corrected chi connectivity index (χ1v) is 10.5. The molecular formula is C23H25N5O2. The Hall–Kier alpha value is -3.35. The number of hydrogen-bond acceptors (Lipinski definition) is 4. The van der Waals surface area contributed by atoms with Gasteiger partial charge in [-0.25, -0.2) is 0 Å². The second-order valence-corrected chi connectivity index (χ2v) is 7.84. The molecule has 0 radical (unpaired) electrons. The number of amides is 1. The van der Waals surface area contributed by atoms with Gasteiger partial charge < -0.3 is 15.0 Å². The van der Waals surface area contributed by atoms with Gasteiger partial charge >= 0.3 is 0 Å². The summed E-state index contributed by atoms with van der Waals surface area (Å²) in [7, 11) is 1.69. The summed E-state index contributed by atoms with van der Waals surface area (Å²) in [6, 6.07) is 12.0. The van der Waals surface area contributed by atoms with Crippen LogP contribution < -0.4 is 10.1 Å². The van der Waals surface area contributed by atoms with Gasteiger partial charge in [-0.15, -0.1) is 10.2 Å². The van der Waals surface area contributed by atoms with Gasteiger partial charge in [0.2, 0.25) is 5.91 Å². The van der Waals surface area contributed by atoms with Gasteiger partial charge in [0.1, 0.15) is 11.6 Å². The first kappa shape index (κ1) is 18.7. The number of pyridine rings is 1. The van der Waals surface area contributed by atoms with Crippen molar-refractivity contribution in [2.24, 2.45) is 0 Å². The van der Waals surface area contributed by atoms with Crippen molar-refractivity contribution in [1.82, 2.24) is 24.9 Å². The van der Waals surface area contributed by atoms with Gasteiger partial charge in [-0.1, -0.05) is 6.07 Å². The van der Waals surface area contributed by atoms with Crippen LogP contribution in [0, 0.1) is 0 Å². The summed E-state index contributed by atoms with van der Waals surface area (Å²) in [6.45, 7) is 0. The molecule has 7 heteroatoms. The highest BCUT2D eigenvalue weighted by atomic mass is 16.5. The Bertz CT molecular complexity index is 1210. The molecule has 1 unspecified atom stereocenters. The Labute approximate surface area is 174 Å². The number of fused-ring (bicyclic) bond motifs is 4. The maximum absolute atomic E-state index is 12.6. The maximum atomic E-state index is 12.6. The molecule has 0 bridgehead atoms. The number of carbonyl (C=O) groups is 1. The van der Waals surface area contributed by atoms with E-state index in [9.17, 15) is 4.79 Å². The van der Waals surface area contributed by atoms with E-state index in [0.29, 0.717) is 6.42 Å². The van der Waals surface area contributed by atoms with Crippen molar-refractivity contribution in [3.63, 3.8) is 0 Å². The van der Waals surface area contributed by atoms with Gasteiger partial charge in [-0.2, -0.15) is 0 Å². The predicted molar refractivity (Wildman–Crippen MR) is 115 cm³/mol. The topological polar surface area (TPSA) is 84.3 Å². The van der Waals surface area contributed by atoms with E-state index < -0.39 is 0 Å². The molecule has 0 saturated heterocycles. The van der Waals surface area contributed by atoms with E-state index in [0.717, 1.165) is 60.5 Å². The van der Waals surface area contributed by atoms with Crippen molar-refractivity contribution in [3.8, 4) is 5.75 Å². The molecule has 0 saturated carbocycles. The number of methoxy groups -OCH3 is 1. The molecule has 0 spiro atoms. The van der Waals surface area contributed by atoms with Gasteiger partial charge in [0, 0.05) is 35.6 Å². The van der Waals surface area contributed by atoms with Crippen LogP contribution in [0.25, 0.3) is 16.6 Å². The molecule has 1 aromatic carbocycles. The number of ether oxygens (including phenoxy) is 1.